The van der Waals surface area contributed by atoms with E-state index in [4.69, 9.17) is 11.6 Å². The Morgan fingerprint density at radius 3 is 2.42 bits per heavy atom. The van der Waals surface area contributed by atoms with E-state index in [-0.39, 0.29) is 16.4 Å². The first-order valence-electron chi connectivity index (χ1n) is 5.11. The van der Waals surface area contributed by atoms with Crippen molar-refractivity contribution in [2.45, 2.75) is 6.18 Å². The topological polar surface area (TPSA) is 24.9 Å². The summed E-state index contributed by atoms with van der Waals surface area (Å²) in [6, 6.07) is 5.52. The number of nitrogens with zero attached hydrogens (tertiary/aromatic N) is 1. The molecule has 2 aromatic rings. The molecule has 1 N–H and O–H groups in total. The zero-order chi connectivity index (χ0) is 14.0. The molecule has 0 saturated carbocycles. The van der Waals surface area contributed by atoms with E-state index in [1.807, 2.05) is 0 Å². The molecule has 1 aromatic heterocycles. The van der Waals surface area contributed by atoms with Gasteiger partial charge in [-0.15, -0.1) is 0 Å². The molecule has 2 rings (SSSR count). The van der Waals surface area contributed by atoms with Crippen LogP contribution in [-0.4, -0.2) is 4.98 Å². The first-order chi connectivity index (χ1) is 8.84. The maximum atomic E-state index is 12.9. The van der Waals surface area contributed by atoms with Crippen LogP contribution in [0.3, 0.4) is 0 Å². The minimum Gasteiger partial charge on any atom is -0.355 e. The largest absolute Gasteiger partial charge is 0.416 e. The number of rotatable bonds is 2. The Balaban J connectivity index is 2.33. The third-order valence-corrected chi connectivity index (χ3v) is 2.46. The predicted molar refractivity (Wildman–Crippen MR) is 63.9 cm³/mol. The van der Waals surface area contributed by atoms with E-state index in [1.165, 1.54) is 18.3 Å². The number of benzene rings is 1. The van der Waals surface area contributed by atoms with Gasteiger partial charge < -0.3 is 5.32 Å². The van der Waals surface area contributed by atoms with Crippen LogP contribution in [0.5, 0.6) is 0 Å². The van der Waals surface area contributed by atoms with Gasteiger partial charge in [-0.05, 0) is 24.3 Å². The van der Waals surface area contributed by atoms with Gasteiger partial charge in [-0.2, -0.15) is 17.6 Å². The van der Waals surface area contributed by atoms with Crippen molar-refractivity contribution in [3.8, 4) is 0 Å². The van der Waals surface area contributed by atoms with Crippen LogP contribution in [0.2, 0.25) is 5.02 Å². The molecule has 100 valence electrons. The van der Waals surface area contributed by atoms with Crippen molar-refractivity contribution in [3.63, 3.8) is 0 Å². The molecule has 1 heterocycles. The summed E-state index contributed by atoms with van der Waals surface area (Å²) in [6.07, 6.45) is -3.29. The molecule has 0 atom stereocenters. The summed E-state index contributed by atoms with van der Waals surface area (Å²) in [4.78, 5) is 3.34. The number of aromatic nitrogens is 1. The quantitative estimate of drug-likeness (QED) is 0.644. The van der Waals surface area contributed by atoms with Crippen molar-refractivity contribution in [2.24, 2.45) is 0 Å². The third kappa shape index (κ3) is 3.57. The fourth-order valence-corrected chi connectivity index (χ4v) is 1.71. The summed E-state index contributed by atoms with van der Waals surface area (Å²) in [5.41, 5.74) is -0.481. The van der Waals surface area contributed by atoms with Crippen molar-refractivity contribution in [1.29, 1.82) is 0 Å². The second kappa shape index (κ2) is 5.05. The van der Waals surface area contributed by atoms with Crippen LogP contribution < -0.4 is 5.32 Å². The Labute approximate surface area is 111 Å². The van der Waals surface area contributed by atoms with Crippen molar-refractivity contribution >= 4 is 23.0 Å². The minimum atomic E-state index is -4.50. The summed E-state index contributed by atoms with van der Waals surface area (Å²) in [6.45, 7) is 0. The van der Waals surface area contributed by atoms with Crippen LogP contribution in [0.15, 0.2) is 36.5 Å². The highest BCUT2D eigenvalue weighted by molar-refractivity contribution is 6.31. The van der Waals surface area contributed by atoms with Crippen molar-refractivity contribution in [2.75, 3.05) is 5.32 Å². The van der Waals surface area contributed by atoms with Gasteiger partial charge in [0.05, 0.1) is 5.56 Å². The van der Waals surface area contributed by atoms with Crippen LogP contribution in [0.4, 0.5) is 28.9 Å². The summed E-state index contributed by atoms with van der Waals surface area (Å²) < 4.78 is 50.6. The molecular weight excluding hydrogens is 284 g/mol. The zero-order valence-corrected chi connectivity index (χ0v) is 10.1. The van der Waals surface area contributed by atoms with E-state index < -0.39 is 17.7 Å². The molecule has 0 unspecified atom stereocenters. The summed E-state index contributed by atoms with van der Waals surface area (Å²) in [5.74, 6) is -0.733. The molecule has 0 fully saturated rings. The van der Waals surface area contributed by atoms with E-state index >= 15 is 0 Å². The molecule has 0 amide bonds. The maximum Gasteiger partial charge on any atom is 0.416 e. The number of pyridine rings is 1. The number of anilines is 2. The molecule has 0 aliphatic rings. The summed E-state index contributed by atoms with van der Waals surface area (Å²) >= 11 is 5.63. The van der Waals surface area contributed by atoms with Gasteiger partial charge in [0.25, 0.3) is 0 Å². The molecule has 0 bridgehead atoms. The highest BCUT2D eigenvalue weighted by atomic mass is 35.5. The molecule has 2 nitrogen and oxygen atoms in total. The Bertz CT molecular complexity index is 599. The van der Waals surface area contributed by atoms with Crippen molar-refractivity contribution in [3.05, 3.63) is 53.1 Å². The number of hydrogen-bond donors (Lipinski definition) is 1. The fraction of sp³-hybridized carbons (Fsp3) is 0.0833. The second-order valence-corrected chi connectivity index (χ2v) is 4.16. The van der Waals surface area contributed by atoms with E-state index in [2.05, 4.69) is 10.3 Å². The fourth-order valence-electron chi connectivity index (χ4n) is 1.47. The van der Waals surface area contributed by atoms with E-state index in [9.17, 15) is 17.6 Å². The van der Waals surface area contributed by atoms with Gasteiger partial charge in [0.1, 0.15) is 0 Å². The van der Waals surface area contributed by atoms with Crippen molar-refractivity contribution in [1.82, 2.24) is 4.98 Å². The number of nitrogens with one attached hydrogen (secondary N) is 1. The van der Waals surface area contributed by atoms with E-state index in [1.54, 1.807) is 0 Å². The minimum absolute atomic E-state index is 0.0631. The monoisotopic (exact) mass is 290 g/mol. The van der Waals surface area contributed by atoms with Gasteiger partial charge in [-0.1, -0.05) is 11.6 Å². The molecule has 0 aliphatic carbocycles. The lowest BCUT2D eigenvalue weighted by Gasteiger charge is -2.11. The summed E-state index contributed by atoms with van der Waals surface area (Å²) in [5, 5.41) is 2.57. The number of alkyl halides is 3. The zero-order valence-electron chi connectivity index (χ0n) is 9.30. The number of halogens is 5. The Kier molecular flexibility index (Phi) is 3.61. The highest BCUT2D eigenvalue weighted by Gasteiger charge is 2.31. The molecule has 7 heteroatoms. The van der Waals surface area contributed by atoms with Gasteiger partial charge in [-0.3, -0.25) is 0 Å². The first kappa shape index (κ1) is 13.6. The smallest absolute Gasteiger partial charge is 0.355 e. The average molecular weight is 291 g/mol. The second-order valence-electron chi connectivity index (χ2n) is 3.72. The normalized spacial score (nSPS) is 11.4. The van der Waals surface area contributed by atoms with Crippen LogP contribution in [0, 0.1) is 5.95 Å². The van der Waals surface area contributed by atoms with Crippen LogP contribution >= 0.6 is 11.6 Å². The Morgan fingerprint density at radius 2 is 1.79 bits per heavy atom. The van der Waals surface area contributed by atoms with Gasteiger partial charge >= 0.3 is 6.18 Å². The number of hydrogen-bond acceptors (Lipinski definition) is 2. The standard InChI is InChI=1S/C12H7ClF4N2/c13-8-3-7(12(15,16)17)4-10(5-8)19-9-1-2-18-11(14)6-9/h1-6H,(H,18,19). The summed E-state index contributed by atoms with van der Waals surface area (Å²) in [7, 11) is 0. The van der Waals surface area contributed by atoms with Gasteiger partial charge in [-0.25, -0.2) is 4.98 Å². The van der Waals surface area contributed by atoms with E-state index in [0.717, 1.165) is 18.2 Å². The van der Waals surface area contributed by atoms with Gasteiger partial charge in [0, 0.05) is 28.7 Å². The Hall–Kier alpha value is -1.82. The average Bonchev–Trinajstić information content (AvgIpc) is 2.26. The van der Waals surface area contributed by atoms with Crippen LogP contribution in [0.25, 0.3) is 0 Å². The van der Waals surface area contributed by atoms with Gasteiger partial charge in [0.2, 0.25) is 5.95 Å². The van der Waals surface area contributed by atoms with Gasteiger partial charge in [0.15, 0.2) is 0 Å². The third-order valence-electron chi connectivity index (χ3n) is 2.24. The first-order valence-corrected chi connectivity index (χ1v) is 5.49. The Morgan fingerprint density at radius 1 is 1.05 bits per heavy atom. The van der Waals surface area contributed by atoms with Crippen molar-refractivity contribution < 1.29 is 17.6 Å². The molecule has 0 spiro atoms. The maximum absolute atomic E-state index is 12.9. The van der Waals surface area contributed by atoms with Crippen LogP contribution in [-0.2, 0) is 6.18 Å². The lowest BCUT2D eigenvalue weighted by atomic mass is 10.2. The predicted octanol–water partition coefficient (Wildman–Crippen LogP) is 4.64. The van der Waals surface area contributed by atoms with Crippen LogP contribution in [0.1, 0.15) is 5.56 Å². The lowest BCUT2D eigenvalue weighted by Crippen LogP contribution is -2.05. The molecule has 0 radical (unpaired) electrons. The lowest BCUT2D eigenvalue weighted by molar-refractivity contribution is -0.137. The SMILES string of the molecule is Fc1cc(Nc2cc(Cl)cc(C(F)(F)F)c2)ccn1. The molecule has 0 aliphatic heterocycles. The molecule has 1 aromatic carbocycles. The molecule has 0 saturated heterocycles. The molecule has 19 heavy (non-hydrogen) atoms. The molecular formula is C12H7ClF4N2. The van der Waals surface area contributed by atoms with E-state index in [0.29, 0.717) is 0 Å². The highest BCUT2D eigenvalue weighted by Crippen LogP contribution is 2.34.